The Morgan fingerprint density at radius 2 is 1.96 bits per heavy atom. The zero-order chi connectivity index (χ0) is 16.7. The summed E-state index contributed by atoms with van der Waals surface area (Å²) in [6, 6.07) is 10.6. The second kappa shape index (κ2) is 8.14. The molecule has 0 saturated carbocycles. The summed E-state index contributed by atoms with van der Waals surface area (Å²) < 4.78 is 9.88. The molecule has 23 heavy (non-hydrogen) atoms. The van der Waals surface area contributed by atoms with Crippen molar-refractivity contribution in [3.05, 3.63) is 59.5 Å². The number of rotatable bonds is 7. The molecule has 0 saturated heterocycles. The maximum atomic E-state index is 11.9. The third-order valence-corrected chi connectivity index (χ3v) is 3.28. The van der Waals surface area contributed by atoms with Crippen LogP contribution in [0.4, 0.5) is 0 Å². The Kier molecular flexibility index (Phi) is 5.94. The van der Waals surface area contributed by atoms with E-state index in [1.165, 1.54) is 7.11 Å². The minimum atomic E-state index is -0.375. The van der Waals surface area contributed by atoms with Gasteiger partial charge in [-0.25, -0.2) is 4.79 Å². The Bertz CT molecular complexity index is 635. The summed E-state index contributed by atoms with van der Waals surface area (Å²) in [6.45, 7) is 1.27. The number of furan rings is 1. The number of benzene rings is 1. The number of ether oxygens (including phenoxy) is 1. The predicted octanol–water partition coefficient (Wildman–Crippen LogP) is 1.81. The van der Waals surface area contributed by atoms with E-state index >= 15 is 0 Å². The molecule has 0 bridgehead atoms. The lowest BCUT2D eigenvalue weighted by Gasteiger charge is -2.14. The van der Waals surface area contributed by atoms with Gasteiger partial charge in [-0.05, 0) is 36.9 Å². The lowest BCUT2D eigenvalue weighted by molar-refractivity contribution is -0.122. The fourth-order valence-corrected chi connectivity index (χ4v) is 2.10. The number of carbonyl (C=O) groups is 2. The fourth-order valence-electron chi connectivity index (χ4n) is 2.10. The van der Waals surface area contributed by atoms with Crippen LogP contribution in [0.3, 0.4) is 0 Å². The van der Waals surface area contributed by atoms with Crippen molar-refractivity contribution in [2.75, 3.05) is 20.7 Å². The minimum absolute atomic E-state index is 0.0731. The summed E-state index contributed by atoms with van der Waals surface area (Å²) in [4.78, 5) is 25.1. The molecule has 0 unspecified atom stereocenters. The van der Waals surface area contributed by atoms with E-state index in [9.17, 15) is 9.59 Å². The molecule has 0 aliphatic heterocycles. The van der Waals surface area contributed by atoms with E-state index in [1.807, 2.05) is 24.1 Å². The molecule has 2 aromatic rings. The largest absolute Gasteiger partial charge is 0.468 e. The Morgan fingerprint density at radius 1 is 1.22 bits per heavy atom. The average molecular weight is 316 g/mol. The molecule has 0 atom stereocenters. The molecule has 6 nitrogen and oxygen atoms in total. The zero-order valence-electron chi connectivity index (χ0n) is 13.2. The normalized spacial score (nSPS) is 10.6. The Labute approximate surface area is 135 Å². The summed E-state index contributed by atoms with van der Waals surface area (Å²) in [5.41, 5.74) is 1.40. The van der Waals surface area contributed by atoms with Crippen LogP contribution in [0.15, 0.2) is 47.1 Å². The number of esters is 1. The van der Waals surface area contributed by atoms with E-state index < -0.39 is 0 Å². The van der Waals surface area contributed by atoms with Crippen LogP contribution in [-0.4, -0.2) is 37.5 Å². The lowest BCUT2D eigenvalue weighted by Crippen LogP contribution is -2.34. The van der Waals surface area contributed by atoms with Gasteiger partial charge in [0.15, 0.2) is 0 Å². The number of amides is 1. The number of nitrogens with zero attached hydrogens (tertiary/aromatic N) is 1. The summed E-state index contributed by atoms with van der Waals surface area (Å²) in [7, 11) is 3.20. The van der Waals surface area contributed by atoms with E-state index in [2.05, 4.69) is 10.1 Å². The molecule has 122 valence electrons. The fraction of sp³-hybridized carbons (Fsp3) is 0.294. The molecule has 2 rings (SSSR count). The molecule has 0 fully saturated rings. The van der Waals surface area contributed by atoms with E-state index in [1.54, 1.807) is 30.5 Å². The highest BCUT2D eigenvalue weighted by Gasteiger charge is 2.09. The van der Waals surface area contributed by atoms with Crippen LogP contribution in [0.1, 0.15) is 21.7 Å². The SMILES string of the molecule is COC(=O)c1ccc(CNC(=O)CN(C)Cc2ccco2)cc1. The van der Waals surface area contributed by atoms with Crippen LogP contribution in [0.5, 0.6) is 0 Å². The first-order valence-corrected chi connectivity index (χ1v) is 7.23. The summed E-state index contributed by atoms with van der Waals surface area (Å²) >= 11 is 0. The number of methoxy groups -OCH3 is 1. The van der Waals surface area contributed by atoms with Crippen LogP contribution in [-0.2, 0) is 22.6 Å². The standard InChI is InChI=1S/C17H20N2O4/c1-19(11-15-4-3-9-23-15)12-16(20)18-10-13-5-7-14(8-6-13)17(21)22-2/h3-9H,10-12H2,1-2H3,(H,18,20). The highest BCUT2D eigenvalue weighted by atomic mass is 16.5. The van der Waals surface area contributed by atoms with E-state index in [0.29, 0.717) is 18.7 Å². The Balaban J connectivity index is 1.76. The highest BCUT2D eigenvalue weighted by molar-refractivity contribution is 5.89. The third kappa shape index (κ3) is 5.27. The number of hydrogen-bond donors (Lipinski definition) is 1. The van der Waals surface area contributed by atoms with Gasteiger partial charge >= 0.3 is 5.97 Å². The zero-order valence-corrected chi connectivity index (χ0v) is 13.2. The molecule has 0 aliphatic carbocycles. The van der Waals surface area contributed by atoms with Crippen LogP contribution in [0.2, 0.25) is 0 Å². The van der Waals surface area contributed by atoms with Gasteiger partial charge in [0.05, 0.1) is 32.0 Å². The second-order valence-electron chi connectivity index (χ2n) is 5.22. The quantitative estimate of drug-likeness (QED) is 0.789. The van der Waals surface area contributed by atoms with Crippen LogP contribution in [0, 0.1) is 0 Å². The van der Waals surface area contributed by atoms with Crippen molar-refractivity contribution in [1.82, 2.24) is 10.2 Å². The Morgan fingerprint density at radius 3 is 2.57 bits per heavy atom. The number of carbonyl (C=O) groups excluding carboxylic acids is 2. The summed E-state index contributed by atoms with van der Waals surface area (Å²) in [5, 5.41) is 2.84. The summed E-state index contributed by atoms with van der Waals surface area (Å²) in [6.07, 6.45) is 1.61. The van der Waals surface area contributed by atoms with Gasteiger partial charge in [-0.3, -0.25) is 9.69 Å². The van der Waals surface area contributed by atoms with Gasteiger partial charge in [-0.15, -0.1) is 0 Å². The van der Waals surface area contributed by atoms with Crippen molar-refractivity contribution >= 4 is 11.9 Å². The molecular formula is C17H20N2O4. The van der Waals surface area contributed by atoms with Crippen molar-refractivity contribution < 1.29 is 18.7 Å². The molecule has 1 amide bonds. The monoisotopic (exact) mass is 316 g/mol. The van der Waals surface area contributed by atoms with Crippen molar-refractivity contribution in [2.24, 2.45) is 0 Å². The molecule has 1 aromatic carbocycles. The first-order chi connectivity index (χ1) is 11.1. The van der Waals surface area contributed by atoms with Crippen LogP contribution in [0.25, 0.3) is 0 Å². The number of nitrogens with one attached hydrogen (secondary N) is 1. The molecular weight excluding hydrogens is 296 g/mol. The van der Waals surface area contributed by atoms with Gasteiger partial charge in [-0.1, -0.05) is 12.1 Å². The van der Waals surface area contributed by atoms with Crippen LogP contribution >= 0.6 is 0 Å². The minimum Gasteiger partial charge on any atom is -0.468 e. The van der Waals surface area contributed by atoms with E-state index in [-0.39, 0.29) is 18.4 Å². The van der Waals surface area contributed by atoms with Gasteiger partial charge in [0, 0.05) is 6.54 Å². The molecule has 1 aromatic heterocycles. The van der Waals surface area contributed by atoms with E-state index in [0.717, 1.165) is 11.3 Å². The average Bonchev–Trinajstić information content (AvgIpc) is 3.05. The van der Waals surface area contributed by atoms with Crippen molar-refractivity contribution in [2.45, 2.75) is 13.1 Å². The summed E-state index contributed by atoms with van der Waals surface area (Å²) in [5.74, 6) is 0.370. The second-order valence-corrected chi connectivity index (χ2v) is 5.22. The van der Waals surface area contributed by atoms with Crippen molar-refractivity contribution in [1.29, 1.82) is 0 Å². The van der Waals surface area contributed by atoms with Crippen molar-refractivity contribution in [3.8, 4) is 0 Å². The molecule has 0 radical (unpaired) electrons. The highest BCUT2D eigenvalue weighted by Crippen LogP contribution is 2.06. The molecule has 1 heterocycles. The first-order valence-electron chi connectivity index (χ1n) is 7.23. The maximum Gasteiger partial charge on any atom is 0.337 e. The smallest absolute Gasteiger partial charge is 0.337 e. The van der Waals surface area contributed by atoms with Gasteiger partial charge < -0.3 is 14.5 Å². The third-order valence-electron chi connectivity index (χ3n) is 3.28. The van der Waals surface area contributed by atoms with Gasteiger partial charge in [-0.2, -0.15) is 0 Å². The Hall–Kier alpha value is -2.60. The van der Waals surface area contributed by atoms with Crippen molar-refractivity contribution in [3.63, 3.8) is 0 Å². The number of hydrogen-bond acceptors (Lipinski definition) is 5. The van der Waals surface area contributed by atoms with E-state index in [4.69, 9.17) is 4.42 Å². The molecule has 1 N–H and O–H groups in total. The molecule has 0 aliphatic rings. The molecule has 6 heteroatoms. The first kappa shape index (κ1) is 16.8. The number of likely N-dealkylation sites (N-methyl/N-ethyl adjacent to an activating group) is 1. The lowest BCUT2D eigenvalue weighted by atomic mass is 10.1. The predicted molar refractivity (Wildman–Crippen MR) is 84.7 cm³/mol. The molecule has 0 spiro atoms. The van der Waals surface area contributed by atoms with Crippen LogP contribution < -0.4 is 5.32 Å². The maximum absolute atomic E-state index is 11.9. The van der Waals surface area contributed by atoms with Gasteiger partial charge in [0.2, 0.25) is 5.91 Å². The topological polar surface area (TPSA) is 71.8 Å². The van der Waals surface area contributed by atoms with Gasteiger partial charge in [0.25, 0.3) is 0 Å². The van der Waals surface area contributed by atoms with Gasteiger partial charge in [0.1, 0.15) is 5.76 Å².